The van der Waals surface area contributed by atoms with Gasteiger partial charge in [-0.05, 0) is 42.0 Å². The molecule has 0 aromatic heterocycles. The maximum atomic E-state index is 12.5. The molecule has 26 heavy (non-hydrogen) atoms. The molecule has 3 aromatic carbocycles. The highest BCUT2D eigenvalue weighted by Crippen LogP contribution is 2.33. The largest absolute Gasteiger partial charge is 0.457 e. The second-order valence-corrected chi connectivity index (χ2v) is 6.93. The number of carbonyl (C=O) groups excluding carboxylic acids is 1. The first-order valence-electron chi connectivity index (χ1n) is 7.85. The monoisotopic (exact) mass is 379 g/mol. The van der Waals surface area contributed by atoms with E-state index in [1.54, 1.807) is 30.3 Å². The van der Waals surface area contributed by atoms with Crippen LogP contribution in [0.25, 0.3) is 0 Å². The Morgan fingerprint density at radius 1 is 0.962 bits per heavy atom. The second kappa shape index (κ2) is 8.57. The minimum absolute atomic E-state index is 0.170. The van der Waals surface area contributed by atoms with Gasteiger partial charge in [-0.3, -0.25) is 0 Å². The van der Waals surface area contributed by atoms with E-state index in [2.05, 4.69) is 6.07 Å². The predicted molar refractivity (Wildman–Crippen MR) is 102 cm³/mol. The molecule has 0 saturated heterocycles. The molecule has 128 valence electrons. The molecular formula is C21H14ClNO2S. The van der Waals surface area contributed by atoms with E-state index in [1.165, 1.54) is 11.8 Å². The molecule has 0 aliphatic heterocycles. The van der Waals surface area contributed by atoms with E-state index in [4.69, 9.17) is 16.3 Å². The highest BCUT2D eigenvalue weighted by Gasteiger charge is 2.15. The van der Waals surface area contributed by atoms with Gasteiger partial charge in [0.2, 0.25) is 0 Å². The fourth-order valence-corrected chi connectivity index (χ4v) is 3.44. The van der Waals surface area contributed by atoms with Crippen molar-refractivity contribution in [3.05, 3.63) is 94.5 Å². The van der Waals surface area contributed by atoms with Crippen LogP contribution in [0, 0.1) is 11.3 Å². The lowest BCUT2D eigenvalue weighted by molar-refractivity contribution is 0.0468. The molecule has 0 saturated carbocycles. The van der Waals surface area contributed by atoms with E-state index < -0.39 is 5.97 Å². The van der Waals surface area contributed by atoms with E-state index in [-0.39, 0.29) is 6.61 Å². The number of halogens is 1. The quantitative estimate of drug-likeness (QED) is 0.532. The molecule has 0 atom stereocenters. The highest BCUT2D eigenvalue weighted by molar-refractivity contribution is 7.99. The number of hydrogen-bond acceptors (Lipinski definition) is 4. The molecule has 3 rings (SSSR count). The van der Waals surface area contributed by atoms with Gasteiger partial charge in [-0.2, -0.15) is 5.26 Å². The van der Waals surface area contributed by atoms with Crippen molar-refractivity contribution in [1.82, 2.24) is 0 Å². The predicted octanol–water partition coefficient (Wildman–Crippen LogP) is 5.72. The molecule has 5 heteroatoms. The van der Waals surface area contributed by atoms with Gasteiger partial charge in [0.15, 0.2) is 0 Å². The summed E-state index contributed by atoms with van der Waals surface area (Å²) in [5.41, 5.74) is 1.91. The van der Waals surface area contributed by atoms with Crippen LogP contribution in [-0.2, 0) is 11.3 Å². The minimum Gasteiger partial charge on any atom is -0.457 e. The van der Waals surface area contributed by atoms with Crippen molar-refractivity contribution < 1.29 is 9.53 Å². The van der Waals surface area contributed by atoms with Gasteiger partial charge in [0.05, 0.1) is 11.1 Å². The van der Waals surface area contributed by atoms with Crippen molar-refractivity contribution in [1.29, 1.82) is 5.26 Å². The Morgan fingerprint density at radius 3 is 2.35 bits per heavy atom. The number of carbonyl (C=O) groups is 1. The summed E-state index contributed by atoms with van der Waals surface area (Å²) in [7, 11) is 0. The smallest absolute Gasteiger partial charge is 0.339 e. The summed E-state index contributed by atoms with van der Waals surface area (Å²) in [5, 5.41) is 9.88. The molecule has 0 fully saturated rings. The van der Waals surface area contributed by atoms with Crippen LogP contribution in [0.15, 0.2) is 82.6 Å². The number of benzene rings is 3. The summed E-state index contributed by atoms with van der Waals surface area (Å²) in [6.07, 6.45) is 0. The molecule has 0 spiro atoms. The van der Waals surface area contributed by atoms with Crippen molar-refractivity contribution in [3.63, 3.8) is 0 Å². The zero-order valence-electron chi connectivity index (χ0n) is 13.7. The Hall–Kier alpha value is -2.74. The van der Waals surface area contributed by atoms with Crippen LogP contribution in [0.3, 0.4) is 0 Å². The Morgan fingerprint density at radius 2 is 1.62 bits per heavy atom. The topological polar surface area (TPSA) is 50.1 Å². The number of hydrogen-bond donors (Lipinski definition) is 0. The first-order chi connectivity index (χ1) is 12.7. The van der Waals surface area contributed by atoms with Gasteiger partial charge >= 0.3 is 5.97 Å². The Bertz CT molecular complexity index is 964. The van der Waals surface area contributed by atoms with Crippen LogP contribution < -0.4 is 0 Å². The van der Waals surface area contributed by atoms with Crippen molar-refractivity contribution in [2.45, 2.75) is 16.4 Å². The number of ether oxygens (including phenoxy) is 1. The molecule has 0 N–H and O–H groups in total. The average molecular weight is 380 g/mol. The van der Waals surface area contributed by atoms with Gasteiger partial charge in [-0.1, -0.05) is 59.8 Å². The number of esters is 1. The number of rotatable bonds is 5. The average Bonchev–Trinajstić information content (AvgIpc) is 2.68. The van der Waals surface area contributed by atoms with Crippen molar-refractivity contribution in [2.24, 2.45) is 0 Å². The third kappa shape index (κ3) is 4.45. The number of nitriles is 1. The maximum absolute atomic E-state index is 12.5. The molecule has 0 aliphatic carbocycles. The molecule has 0 amide bonds. The molecule has 3 nitrogen and oxygen atoms in total. The van der Waals surface area contributed by atoms with Crippen molar-refractivity contribution in [2.75, 3.05) is 0 Å². The van der Waals surface area contributed by atoms with Crippen molar-refractivity contribution >= 4 is 29.3 Å². The summed E-state index contributed by atoms with van der Waals surface area (Å²) < 4.78 is 5.43. The van der Waals surface area contributed by atoms with E-state index in [1.807, 2.05) is 42.5 Å². The van der Waals surface area contributed by atoms with E-state index in [9.17, 15) is 10.1 Å². The van der Waals surface area contributed by atoms with Gasteiger partial charge in [0.25, 0.3) is 0 Å². The molecular weight excluding hydrogens is 366 g/mol. The molecule has 0 heterocycles. The van der Waals surface area contributed by atoms with Crippen LogP contribution in [0.4, 0.5) is 0 Å². The Labute approximate surface area is 161 Å². The molecule has 0 bridgehead atoms. The zero-order valence-corrected chi connectivity index (χ0v) is 15.3. The Kier molecular flexibility index (Phi) is 5.96. The normalized spacial score (nSPS) is 10.2. The van der Waals surface area contributed by atoms with Crippen LogP contribution in [-0.4, -0.2) is 5.97 Å². The van der Waals surface area contributed by atoms with Gasteiger partial charge < -0.3 is 4.74 Å². The SMILES string of the molecule is N#Cc1ccccc1Sc1ccccc1C(=O)OCc1ccc(Cl)cc1. The van der Waals surface area contributed by atoms with E-state index >= 15 is 0 Å². The first-order valence-corrected chi connectivity index (χ1v) is 9.04. The van der Waals surface area contributed by atoms with Gasteiger partial charge in [0, 0.05) is 14.8 Å². The van der Waals surface area contributed by atoms with Crippen LogP contribution in [0.5, 0.6) is 0 Å². The second-order valence-electron chi connectivity index (χ2n) is 5.41. The van der Waals surface area contributed by atoms with Crippen LogP contribution in [0.1, 0.15) is 21.5 Å². The fraction of sp³-hybridized carbons (Fsp3) is 0.0476. The van der Waals surface area contributed by atoms with Crippen LogP contribution >= 0.6 is 23.4 Å². The lowest BCUT2D eigenvalue weighted by atomic mass is 10.2. The van der Waals surface area contributed by atoms with Gasteiger partial charge in [-0.15, -0.1) is 0 Å². The molecule has 0 aliphatic rings. The van der Waals surface area contributed by atoms with E-state index in [0.717, 1.165) is 15.4 Å². The minimum atomic E-state index is -0.405. The Balaban J connectivity index is 1.77. The lowest BCUT2D eigenvalue weighted by Crippen LogP contribution is -2.06. The molecule has 0 unspecified atom stereocenters. The standard InChI is InChI=1S/C21H14ClNO2S/c22-17-11-9-15(10-12-17)14-25-21(24)18-6-2-4-8-20(18)26-19-7-3-1-5-16(19)13-23/h1-12H,14H2. The number of nitrogens with zero attached hydrogens (tertiary/aromatic N) is 1. The van der Waals surface area contributed by atoms with E-state index in [0.29, 0.717) is 16.1 Å². The van der Waals surface area contributed by atoms with Gasteiger partial charge in [0.1, 0.15) is 12.7 Å². The third-order valence-electron chi connectivity index (χ3n) is 3.62. The third-order valence-corrected chi connectivity index (χ3v) is 5.02. The van der Waals surface area contributed by atoms with Crippen LogP contribution in [0.2, 0.25) is 5.02 Å². The summed E-state index contributed by atoms with van der Waals surface area (Å²) in [5.74, 6) is -0.405. The fourth-order valence-electron chi connectivity index (χ4n) is 2.30. The lowest BCUT2D eigenvalue weighted by Gasteiger charge is -2.10. The summed E-state index contributed by atoms with van der Waals surface area (Å²) in [4.78, 5) is 14.1. The molecule has 0 radical (unpaired) electrons. The zero-order chi connectivity index (χ0) is 18.4. The molecule has 3 aromatic rings. The summed E-state index contributed by atoms with van der Waals surface area (Å²) in [6.45, 7) is 0.170. The van der Waals surface area contributed by atoms with Gasteiger partial charge in [-0.25, -0.2) is 4.79 Å². The van der Waals surface area contributed by atoms with Crippen molar-refractivity contribution in [3.8, 4) is 6.07 Å². The summed E-state index contributed by atoms with van der Waals surface area (Å²) >= 11 is 7.24. The first kappa shape index (κ1) is 18.1. The highest BCUT2D eigenvalue weighted by atomic mass is 35.5. The summed E-state index contributed by atoms with van der Waals surface area (Å²) in [6, 6.07) is 23.8. The maximum Gasteiger partial charge on any atom is 0.339 e.